The number of aromatic nitrogens is 2. The number of esters is 2. The lowest BCUT2D eigenvalue weighted by atomic mass is 10.1. The van der Waals surface area contributed by atoms with Gasteiger partial charge in [-0.2, -0.15) is 0 Å². The van der Waals surface area contributed by atoms with Crippen LogP contribution in [0.25, 0.3) is 0 Å². The maximum atomic E-state index is 11.7. The van der Waals surface area contributed by atoms with Crippen LogP contribution in [-0.4, -0.2) is 35.1 Å². The highest BCUT2D eigenvalue weighted by atomic mass is 16.5. The molecule has 0 radical (unpaired) electrons. The Labute approximate surface area is 166 Å². The summed E-state index contributed by atoms with van der Waals surface area (Å²) < 4.78 is 10.5. The normalized spacial score (nSPS) is 10.4. The molecule has 0 fully saturated rings. The number of unbranched alkanes of at least 4 members (excludes halogenated alkanes) is 7. The number of carbonyl (C=O) groups excluding carboxylic acids is 2. The zero-order chi connectivity index (χ0) is 19.9. The molecule has 0 unspecified atom stereocenters. The molecule has 0 amide bonds. The van der Waals surface area contributed by atoms with Crippen molar-refractivity contribution >= 4 is 11.9 Å². The molecule has 6 nitrogen and oxygen atoms in total. The van der Waals surface area contributed by atoms with Crippen LogP contribution >= 0.6 is 0 Å². The molecule has 0 saturated carbocycles. The average Bonchev–Trinajstić information content (AvgIpc) is 2.75. The first-order valence-corrected chi connectivity index (χ1v) is 9.91. The molecule has 2 rings (SSSR count). The summed E-state index contributed by atoms with van der Waals surface area (Å²) in [4.78, 5) is 31.3. The van der Waals surface area contributed by atoms with Gasteiger partial charge in [0.25, 0.3) is 0 Å². The molecule has 0 aliphatic heterocycles. The minimum Gasteiger partial charge on any atom is -0.462 e. The zero-order valence-corrected chi connectivity index (χ0v) is 16.2. The van der Waals surface area contributed by atoms with Crippen molar-refractivity contribution in [3.05, 3.63) is 60.2 Å². The van der Waals surface area contributed by atoms with E-state index >= 15 is 0 Å². The smallest absolute Gasteiger partial charge is 0.339 e. The second-order valence-electron chi connectivity index (χ2n) is 6.58. The van der Waals surface area contributed by atoms with Gasteiger partial charge in [-0.25, -0.2) is 9.59 Å². The van der Waals surface area contributed by atoms with E-state index < -0.39 is 0 Å². The molecule has 28 heavy (non-hydrogen) atoms. The third-order valence-corrected chi connectivity index (χ3v) is 4.30. The van der Waals surface area contributed by atoms with Crippen LogP contribution < -0.4 is 0 Å². The fourth-order valence-electron chi connectivity index (χ4n) is 2.73. The average molecular weight is 384 g/mol. The summed E-state index contributed by atoms with van der Waals surface area (Å²) in [7, 11) is 0. The van der Waals surface area contributed by atoms with Crippen molar-refractivity contribution in [1.82, 2.24) is 9.97 Å². The Kier molecular flexibility index (Phi) is 10.3. The van der Waals surface area contributed by atoms with Gasteiger partial charge in [-0.05, 0) is 37.1 Å². The highest BCUT2D eigenvalue weighted by molar-refractivity contribution is 5.89. The van der Waals surface area contributed by atoms with Crippen molar-refractivity contribution in [2.75, 3.05) is 13.2 Å². The lowest BCUT2D eigenvalue weighted by Crippen LogP contribution is -2.06. The monoisotopic (exact) mass is 384 g/mol. The van der Waals surface area contributed by atoms with Gasteiger partial charge in [0.1, 0.15) is 0 Å². The Morgan fingerprint density at radius 3 is 1.39 bits per heavy atom. The minimum atomic E-state index is -0.308. The fourth-order valence-corrected chi connectivity index (χ4v) is 2.73. The van der Waals surface area contributed by atoms with E-state index in [1.54, 1.807) is 36.7 Å². The van der Waals surface area contributed by atoms with Crippen LogP contribution in [0.4, 0.5) is 0 Å². The van der Waals surface area contributed by atoms with Crippen molar-refractivity contribution in [2.24, 2.45) is 0 Å². The van der Waals surface area contributed by atoms with E-state index in [1.807, 2.05) is 0 Å². The van der Waals surface area contributed by atoms with Gasteiger partial charge >= 0.3 is 11.9 Å². The summed E-state index contributed by atoms with van der Waals surface area (Å²) in [5.41, 5.74) is 0.988. The molecular formula is C22H28N2O4. The number of pyridine rings is 2. The lowest BCUT2D eigenvalue weighted by molar-refractivity contribution is 0.0487. The second kappa shape index (κ2) is 13.4. The quantitative estimate of drug-likeness (QED) is 0.371. The summed E-state index contributed by atoms with van der Waals surface area (Å²) in [6.45, 7) is 0.909. The van der Waals surface area contributed by atoms with Gasteiger partial charge in [0.2, 0.25) is 0 Å². The van der Waals surface area contributed by atoms with Crippen LogP contribution in [-0.2, 0) is 9.47 Å². The number of nitrogens with zero attached hydrogens (tertiary/aromatic N) is 2. The van der Waals surface area contributed by atoms with E-state index in [0.29, 0.717) is 24.3 Å². The van der Waals surface area contributed by atoms with Crippen LogP contribution in [0.5, 0.6) is 0 Å². The molecule has 6 heteroatoms. The van der Waals surface area contributed by atoms with Crippen LogP contribution in [0.1, 0.15) is 72.1 Å². The predicted octanol–water partition coefficient (Wildman–Crippen LogP) is 4.61. The summed E-state index contributed by atoms with van der Waals surface area (Å²) in [6, 6.07) is 6.85. The van der Waals surface area contributed by atoms with Crippen molar-refractivity contribution < 1.29 is 19.1 Å². The van der Waals surface area contributed by atoms with Gasteiger partial charge in [0, 0.05) is 24.8 Å². The number of rotatable bonds is 13. The van der Waals surface area contributed by atoms with Crippen molar-refractivity contribution in [1.29, 1.82) is 0 Å². The molecule has 0 N–H and O–H groups in total. The van der Waals surface area contributed by atoms with Crippen LogP contribution in [0, 0.1) is 0 Å². The summed E-state index contributed by atoms with van der Waals surface area (Å²) in [6.07, 6.45) is 14.8. The topological polar surface area (TPSA) is 78.4 Å². The molecule has 0 aromatic carbocycles. The maximum absolute atomic E-state index is 11.7. The van der Waals surface area contributed by atoms with Crippen LogP contribution in [0.15, 0.2) is 49.1 Å². The van der Waals surface area contributed by atoms with E-state index in [-0.39, 0.29) is 11.9 Å². The fraction of sp³-hybridized carbons (Fsp3) is 0.455. The van der Waals surface area contributed by atoms with Gasteiger partial charge in [-0.15, -0.1) is 0 Å². The van der Waals surface area contributed by atoms with Gasteiger partial charge in [-0.1, -0.05) is 38.5 Å². The number of ether oxygens (including phenoxy) is 2. The molecule has 0 saturated heterocycles. The van der Waals surface area contributed by atoms with Crippen LogP contribution in [0.2, 0.25) is 0 Å². The second-order valence-corrected chi connectivity index (χ2v) is 6.58. The Hall–Kier alpha value is -2.76. The minimum absolute atomic E-state index is 0.308. The number of hydrogen-bond donors (Lipinski definition) is 0. The molecule has 2 heterocycles. The first-order chi connectivity index (χ1) is 13.8. The molecule has 0 aliphatic carbocycles. The van der Waals surface area contributed by atoms with Gasteiger partial charge in [0.15, 0.2) is 0 Å². The van der Waals surface area contributed by atoms with E-state index in [2.05, 4.69) is 9.97 Å². The third kappa shape index (κ3) is 8.75. The SMILES string of the molecule is O=C(OCCCCCCCCCCOC(=O)c1cccnc1)c1cccnc1. The Morgan fingerprint density at radius 2 is 1.04 bits per heavy atom. The molecule has 150 valence electrons. The molecule has 2 aromatic heterocycles. The molecule has 2 aromatic rings. The highest BCUT2D eigenvalue weighted by Gasteiger charge is 2.06. The summed E-state index contributed by atoms with van der Waals surface area (Å²) >= 11 is 0. The largest absolute Gasteiger partial charge is 0.462 e. The molecular weight excluding hydrogens is 356 g/mol. The van der Waals surface area contributed by atoms with E-state index in [9.17, 15) is 9.59 Å². The highest BCUT2D eigenvalue weighted by Crippen LogP contribution is 2.10. The summed E-state index contributed by atoms with van der Waals surface area (Å²) in [5.74, 6) is -0.616. The third-order valence-electron chi connectivity index (χ3n) is 4.30. The van der Waals surface area contributed by atoms with E-state index in [1.165, 1.54) is 25.2 Å². The molecule has 0 spiro atoms. The zero-order valence-electron chi connectivity index (χ0n) is 16.2. The van der Waals surface area contributed by atoms with Gasteiger partial charge < -0.3 is 9.47 Å². The van der Waals surface area contributed by atoms with Crippen molar-refractivity contribution in [3.63, 3.8) is 0 Å². The first kappa shape index (κ1) is 21.5. The Balaban J connectivity index is 1.36. The maximum Gasteiger partial charge on any atom is 0.339 e. The molecule has 0 atom stereocenters. The van der Waals surface area contributed by atoms with E-state index in [4.69, 9.17) is 9.47 Å². The van der Waals surface area contributed by atoms with Crippen molar-refractivity contribution in [2.45, 2.75) is 51.4 Å². The number of hydrogen-bond acceptors (Lipinski definition) is 6. The standard InChI is InChI=1S/C22H28N2O4/c25-21(19-11-9-13-23-17-19)27-15-7-5-3-1-2-4-6-8-16-28-22(26)20-12-10-14-24-18-20/h9-14,17-18H,1-8,15-16H2. The number of carbonyl (C=O) groups is 2. The molecule has 0 aliphatic rings. The lowest BCUT2D eigenvalue weighted by Gasteiger charge is -2.05. The Morgan fingerprint density at radius 1 is 0.643 bits per heavy atom. The summed E-state index contributed by atoms with van der Waals surface area (Å²) in [5, 5.41) is 0. The van der Waals surface area contributed by atoms with Crippen molar-refractivity contribution in [3.8, 4) is 0 Å². The van der Waals surface area contributed by atoms with Gasteiger partial charge in [-0.3, -0.25) is 9.97 Å². The molecule has 0 bridgehead atoms. The van der Waals surface area contributed by atoms with Gasteiger partial charge in [0.05, 0.1) is 24.3 Å². The first-order valence-electron chi connectivity index (χ1n) is 9.91. The van der Waals surface area contributed by atoms with E-state index in [0.717, 1.165) is 38.5 Å². The predicted molar refractivity (Wildman–Crippen MR) is 106 cm³/mol. The Bertz CT molecular complexity index is 631. The van der Waals surface area contributed by atoms with Crippen LogP contribution in [0.3, 0.4) is 0 Å².